The van der Waals surface area contributed by atoms with Gasteiger partial charge in [-0.1, -0.05) is 60.5 Å². The van der Waals surface area contributed by atoms with Gasteiger partial charge < -0.3 is 15.0 Å². The van der Waals surface area contributed by atoms with Crippen LogP contribution in [-0.2, 0) is 26.2 Å². The Kier molecular flexibility index (Phi) is 10.3. The normalized spacial score (nSPS) is 11.9. The molecule has 3 aromatic rings. The minimum Gasteiger partial charge on any atom is -0.495 e. The maximum absolute atomic E-state index is 14.1. The van der Waals surface area contributed by atoms with Crippen LogP contribution in [0.25, 0.3) is 0 Å². The van der Waals surface area contributed by atoms with E-state index < -0.39 is 28.5 Å². The summed E-state index contributed by atoms with van der Waals surface area (Å²) in [5, 5.41) is 2.82. The Hall–Kier alpha value is -3.85. The predicted molar refractivity (Wildman–Crippen MR) is 158 cm³/mol. The third-order valence-electron chi connectivity index (χ3n) is 6.66. The smallest absolute Gasteiger partial charge is 0.264 e. The molecule has 0 saturated carbocycles. The molecule has 9 heteroatoms. The van der Waals surface area contributed by atoms with Gasteiger partial charge in [0, 0.05) is 13.1 Å². The first-order valence-electron chi connectivity index (χ1n) is 13.4. The molecule has 0 bridgehead atoms. The highest BCUT2D eigenvalue weighted by atomic mass is 32.2. The molecule has 0 saturated heterocycles. The number of methoxy groups -OCH3 is 1. The average Bonchev–Trinajstić information content (AvgIpc) is 2.91. The Bertz CT molecular complexity index is 1440. The van der Waals surface area contributed by atoms with Crippen LogP contribution in [0.4, 0.5) is 5.69 Å². The standard InChI is InChI=1S/C31H39N3O5S/c1-7-27(31(36)32-8-2)33(20-25-11-9-10-23(4)18-25)30(35)21-34(28-19-24(5)14-17-29(28)39-6)40(37,38)26-15-12-22(3)13-16-26/h9-19,27H,7-8,20-21H2,1-6H3,(H,32,36). The molecule has 0 spiro atoms. The van der Waals surface area contributed by atoms with Gasteiger partial charge in [0.05, 0.1) is 17.7 Å². The fraction of sp³-hybridized carbons (Fsp3) is 0.355. The number of carbonyl (C=O) groups excluding carboxylic acids is 2. The van der Waals surface area contributed by atoms with Gasteiger partial charge in [-0.2, -0.15) is 0 Å². The molecule has 0 aliphatic heterocycles. The predicted octanol–water partition coefficient (Wildman–Crippen LogP) is 4.76. The van der Waals surface area contributed by atoms with Gasteiger partial charge in [-0.15, -0.1) is 0 Å². The number of rotatable bonds is 12. The quantitative estimate of drug-likeness (QED) is 0.342. The largest absolute Gasteiger partial charge is 0.495 e. The van der Waals surface area contributed by atoms with Crippen LogP contribution < -0.4 is 14.4 Å². The average molecular weight is 566 g/mol. The van der Waals surface area contributed by atoms with Crippen LogP contribution in [0.1, 0.15) is 42.5 Å². The van der Waals surface area contributed by atoms with Gasteiger partial charge in [0.1, 0.15) is 18.3 Å². The molecule has 0 aromatic heterocycles. The molecule has 1 unspecified atom stereocenters. The number of anilines is 1. The van der Waals surface area contributed by atoms with Crippen molar-refractivity contribution < 1.29 is 22.7 Å². The molecular weight excluding hydrogens is 526 g/mol. The van der Waals surface area contributed by atoms with Crippen LogP contribution in [0.3, 0.4) is 0 Å². The Morgan fingerprint density at radius 2 is 1.55 bits per heavy atom. The summed E-state index contributed by atoms with van der Waals surface area (Å²) in [6, 6.07) is 18.6. The highest BCUT2D eigenvalue weighted by molar-refractivity contribution is 7.92. The van der Waals surface area contributed by atoms with Crippen molar-refractivity contribution in [3.05, 3.63) is 89.0 Å². The third kappa shape index (κ3) is 7.21. The van der Waals surface area contributed by atoms with Gasteiger partial charge in [0.25, 0.3) is 10.0 Å². The number of hydrogen-bond donors (Lipinski definition) is 1. The molecule has 8 nitrogen and oxygen atoms in total. The summed E-state index contributed by atoms with van der Waals surface area (Å²) in [6.07, 6.45) is 0.363. The van der Waals surface area contributed by atoms with Gasteiger partial charge >= 0.3 is 0 Å². The maximum atomic E-state index is 14.1. The highest BCUT2D eigenvalue weighted by Gasteiger charge is 2.34. The summed E-state index contributed by atoms with van der Waals surface area (Å²) in [6.45, 7) is 9.37. The first kappa shape index (κ1) is 30.7. The van der Waals surface area contributed by atoms with Crippen molar-refractivity contribution in [2.24, 2.45) is 0 Å². The lowest BCUT2D eigenvalue weighted by atomic mass is 10.1. The van der Waals surface area contributed by atoms with E-state index in [2.05, 4.69) is 5.32 Å². The summed E-state index contributed by atoms with van der Waals surface area (Å²) in [5.74, 6) is -0.471. The van der Waals surface area contributed by atoms with Crippen LogP contribution in [-0.4, -0.2) is 51.4 Å². The lowest BCUT2D eigenvalue weighted by molar-refractivity contribution is -0.140. The minimum absolute atomic E-state index is 0.0514. The van der Waals surface area contributed by atoms with Gasteiger partial charge in [-0.05, 0) is 69.5 Å². The molecule has 1 N–H and O–H groups in total. The van der Waals surface area contributed by atoms with Crippen LogP contribution in [0.15, 0.2) is 71.6 Å². The molecule has 0 radical (unpaired) electrons. The second-order valence-corrected chi connectivity index (χ2v) is 11.7. The number of hydrogen-bond acceptors (Lipinski definition) is 5. The summed E-state index contributed by atoms with van der Waals surface area (Å²) in [4.78, 5) is 28.7. The monoisotopic (exact) mass is 565 g/mol. The fourth-order valence-corrected chi connectivity index (χ4v) is 5.98. The van der Waals surface area contributed by atoms with Crippen molar-refractivity contribution in [2.75, 3.05) is 24.5 Å². The molecule has 0 aliphatic carbocycles. The molecule has 214 valence electrons. The zero-order chi connectivity index (χ0) is 29.4. The van der Waals surface area contributed by atoms with Crippen molar-refractivity contribution >= 4 is 27.5 Å². The van der Waals surface area contributed by atoms with Crippen molar-refractivity contribution in [1.29, 1.82) is 0 Å². The number of aryl methyl sites for hydroxylation is 3. The summed E-state index contributed by atoms with van der Waals surface area (Å²) >= 11 is 0. The van der Waals surface area contributed by atoms with Crippen molar-refractivity contribution in [3.63, 3.8) is 0 Å². The van der Waals surface area contributed by atoms with E-state index in [1.807, 2.05) is 65.0 Å². The number of carbonyl (C=O) groups is 2. The van der Waals surface area contributed by atoms with Crippen LogP contribution >= 0.6 is 0 Å². The fourth-order valence-electron chi connectivity index (χ4n) is 4.56. The molecule has 0 fully saturated rings. The highest BCUT2D eigenvalue weighted by Crippen LogP contribution is 2.34. The van der Waals surface area contributed by atoms with Crippen molar-refractivity contribution in [2.45, 2.75) is 58.5 Å². The van der Waals surface area contributed by atoms with Gasteiger partial charge in [0.2, 0.25) is 11.8 Å². The first-order chi connectivity index (χ1) is 19.0. The van der Waals surface area contributed by atoms with Gasteiger partial charge in [-0.3, -0.25) is 13.9 Å². The van der Waals surface area contributed by atoms with E-state index in [4.69, 9.17) is 4.74 Å². The van der Waals surface area contributed by atoms with E-state index in [9.17, 15) is 18.0 Å². The Morgan fingerprint density at radius 3 is 2.15 bits per heavy atom. The molecule has 2 amide bonds. The number of amides is 2. The lowest BCUT2D eigenvalue weighted by Gasteiger charge is -2.33. The lowest BCUT2D eigenvalue weighted by Crippen LogP contribution is -2.52. The molecule has 3 aromatic carbocycles. The molecule has 40 heavy (non-hydrogen) atoms. The van der Waals surface area contributed by atoms with Crippen LogP contribution in [0.2, 0.25) is 0 Å². The van der Waals surface area contributed by atoms with E-state index in [1.165, 1.54) is 24.1 Å². The topological polar surface area (TPSA) is 96.0 Å². The SMILES string of the molecule is CCNC(=O)C(CC)N(Cc1cccc(C)c1)C(=O)CN(c1cc(C)ccc1OC)S(=O)(=O)c1ccc(C)cc1. The van der Waals surface area contributed by atoms with Crippen LogP contribution in [0.5, 0.6) is 5.75 Å². The Balaban J connectivity index is 2.13. The summed E-state index contributed by atoms with van der Waals surface area (Å²) in [7, 11) is -2.73. The molecule has 1 atom stereocenters. The van der Waals surface area contributed by atoms with E-state index in [-0.39, 0.29) is 23.0 Å². The number of likely N-dealkylation sites (N-methyl/N-ethyl adjacent to an activating group) is 1. The van der Waals surface area contributed by atoms with Crippen LogP contribution in [0, 0.1) is 20.8 Å². The Labute approximate surface area is 238 Å². The second-order valence-electron chi connectivity index (χ2n) is 9.83. The van der Waals surface area contributed by atoms with E-state index >= 15 is 0 Å². The summed E-state index contributed by atoms with van der Waals surface area (Å²) in [5.41, 5.74) is 3.82. The zero-order valence-electron chi connectivity index (χ0n) is 24.1. The summed E-state index contributed by atoms with van der Waals surface area (Å²) < 4.78 is 34.8. The third-order valence-corrected chi connectivity index (χ3v) is 8.44. The van der Waals surface area contributed by atoms with E-state index in [0.29, 0.717) is 18.7 Å². The maximum Gasteiger partial charge on any atom is 0.264 e. The number of ether oxygens (including phenoxy) is 1. The number of nitrogens with one attached hydrogen (secondary N) is 1. The molecule has 0 heterocycles. The Morgan fingerprint density at radius 1 is 0.900 bits per heavy atom. The second kappa shape index (κ2) is 13.5. The molecule has 3 rings (SSSR count). The molecule has 0 aliphatic rings. The van der Waals surface area contributed by atoms with Crippen molar-refractivity contribution in [1.82, 2.24) is 10.2 Å². The number of sulfonamides is 1. The zero-order valence-corrected chi connectivity index (χ0v) is 24.9. The van der Waals surface area contributed by atoms with Gasteiger partial charge in [0.15, 0.2) is 0 Å². The van der Waals surface area contributed by atoms with Crippen molar-refractivity contribution in [3.8, 4) is 5.75 Å². The number of nitrogens with zero attached hydrogens (tertiary/aromatic N) is 2. The van der Waals surface area contributed by atoms with Gasteiger partial charge in [-0.25, -0.2) is 8.42 Å². The van der Waals surface area contributed by atoms with E-state index in [0.717, 1.165) is 26.6 Å². The minimum atomic E-state index is -4.19. The molecular formula is C31H39N3O5S. The van der Waals surface area contributed by atoms with E-state index in [1.54, 1.807) is 24.3 Å². The first-order valence-corrected chi connectivity index (χ1v) is 14.8. The number of benzene rings is 3.